The summed E-state index contributed by atoms with van der Waals surface area (Å²) in [7, 11) is -1.17. The Balaban J connectivity index is 1.73. The van der Waals surface area contributed by atoms with E-state index < -0.39 is 12.9 Å². The van der Waals surface area contributed by atoms with E-state index in [1.54, 1.807) is 35.2 Å². The highest BCUT2D eigenvalue weighted by Crippen LogP contribution is 2.36. The van der Waals surface area contributed by atoms with Crippen molar-refractivity contribution in [3.63, 3.8) is 0 Å². The maximum absolute atomic E-state index is 12.9. The minimum atomic E-state index is -1.17. The highest BCUT2D eigenvalue weighted by Gasteiger charge is 2.37. The SMILES string of the molecule is CC(=O)c1cccc2c1OB(O)[C@@H](CC(=O)c1cccc(CN(CCN)C(C)=O)c1)C2. The van der Waals surface area contributed by atoms with Gasteiger partial charge in [-0.05, 0) is 36.6 Å². The largest absolute Gasteiger partial charge is 0.535 e. The van der Waals surface area contributed by atoms with Gasteiger partial charge in [-0.2, -0.15) is 0 Å². The van der Waals surface area contributed by atoms with Gasteiger partial charge in [-0.15, -0.1) is 0 Å². The molecule has 0 bridgehead atoms. The lowest BCUT2D eigenvalue weighted by molar-refractivity contribution is -0.129. The number of amides is 1. The van der Waals surface area contributed by atoms with Gasteiger partial charge in [0.25, 0.3) is 0 Å². The smallest absolute Gasteiger partial charge is 0.526 e. The van der Waals surface area contributed by atoms with Crippen molar-refractivity contribution in [2.75, 3.05) is 13.1 Å². The zero-order chi connectivity index (χ0) is 22.5. The molecular weight excluding hydrogens is 395 g/mol. The van der Waals surface area contributed by atoms with Crippen molar-refractivity contribution in [3.05, 3.63) is 64.7 Å². The van der Waals surface area contributed by atoms with Crippen molar-refractivity contribution >= 4 is 24.6 Å². The van der Waals surface area contributed by atoms with Gasteiger partial charge in [-0.1, -0.05) is 30.3 Å². The standard InChI is InChI=1S/C23H27BN2O5/c1-15(27)21-8-4-7-19-12-20(24(30)31-23(19)21)13-22(29)18-6-3-5-17(11-18)14-26(10-9-25)16(2)28/h3-8,11,20,30H,9-10,12-14,25H2,1-2H3/t20-/m1/s1. The van der Waals surface area contributed by atoms with Crippen LogP contribution in [0.4, 0.5) is 0 Å². The normalized spacial score (nSPS) is 15.1. The zero-order valence-electron chi connectivity index (χ0n) is 17.8. The molecule has 1 aliphatic rings. The predicted octanol–water partition coefficient (Wildman–Crippen LogP) is 2.25. The number of para-hydroxylation sites is 1. The second kappa shape index (κ2) is 9.89. The highest BCUT2D eigenvalue weighted by molar-refractivity contribution is 6.47. The number of benzene rings is 2. The number of rotatable bonds is 8. The minimum Gasteiger partial charge on any atom is -0.535 e. The molecule has 1 amide bonds. The number of nitrogens with zero attached hydrogens (tertiary/aromatic N) is 1. The Kier molecular flexibility index (Phi) is 7.25. The number of Topliss-reactive ketones (excluding diaryl/α,β-unsaturated/α-hetero) is 2. The second-order valence-electron chi connectivity index (χ2n) is 7.88. The first kappa shape index (κ1) is 22.7. The Hall–Kier alpha value is -2.97. The lowest BCUT2D eigenvalue weighted by atomic mass is 9.64. The van der Waals surface area contributed by atoms with Crippen LogP contribution in [0.3, 0.4) is 0 Å². The Morgan fingerprint density at radius 1 is 1.19 bits per heavy atom. The summed E-state index contributed by atoms with van der Waals surface area (Å²) in [4.78, 5) is 38.1. The van der Waals surface area contributed by atoms with Gasteiger partial charge in [0.15, 0.2) is 11.6 Å². The van der Waals surface area contributed by atoms with Gasteiger partial charge in [0, 0.05) is 44.4 Å². The number of nitrogens with two attached hydrogens (primary N) is 1. The summed E-state index contributed by atoms with van der Waals surface area (Å²) in [5.41, 5.74) is 8.17. The summed E-state index contributed by atoms with van der Waals surface area (Å²) in [6.07, 6.45) is 0.547. The Bertz CT molecular complexity index is 994. The van der Waals surface area contributed by atoms with Crippen LogP contribution < -0.4 is 10.4 Å². The molecule has 1 heterocycles. The van der Waals surface area contributed by atoms with E-state index >= 15 is 0 Å². The maximum Gasteiger partial charge on any atom is 0.526 e. The fraction of sp³-hybridized carbons (Fsp3) is 0.348. The molecular formula is C23H27BN2O5. The molecule has 7 nitrogen and oxygen atoms in total. The molecule has 8 heteroatoms. The zero-order valence-corrected chi connectivity index (χ0v) is 17.8. The summed E-state index contributed by atoms with van der Waals surface area (Å²) >= 11 is 0. The molecule has 0 aromatic heterocycles. The average Bonchev–Trinajstić information content (AvgIpc) is 2.73. The summed E-state index contributed by atoms with van der Waals surface area (Å²) in [5.74, 6) is -0.346. The molecule has 2 aromatic rings. The molecule has 162 valence electrons. The molecule has 31 heavy (non-hydrogen) atoms. The van der Waals surface area contributed by atoms with E-state index in [1.165, 1.54) is 13.8 Å². The van der Waals surface area contributed by atoms with Gasteiger partial charge in [0.05, 0.1) is 5.56 Å². The molecule has 0 radical (unpaired) electrons. The van der Waals surface area contributed by atoms with Crippen molar-refractivity contribution < 1.29 is 24.1 Å². The number of carbonyl (C=O) groups is 3. The topological polar surface area (TPSA) is 110 Å². The van der Waals surface area contributed by atoms with Crippen molar-refractivity contribution in [1.82, 2.24) is 4.90 Å². The van der Waals surface area contributed by atoms with E-state index in [9.17, 15) is 19.4 Å². The van der Waals surface area contributed by atoms with Gasteiger partial charge in [-0.25, -0.2) is 0 Å². The molecule has 0 saturated heterocycles. The first-order chi connectivity index (χ1) is 14.8. The number of hydrogen-bond acceptors (Lipinski definition) is 6. The van der Waals surface area contributed by atoms with Gasteiger partial charge in [0.2, 0.25) is 5.91 Å². The number of ketones is 2. The van der Waals surface area contributed by atoms with Crippen molar-refractivity contribution in [2.24, 2.45) is 5.73 Å². The molecule has 0 fully saturated rings. The summed E-state index contributed by atoms with van der Waals surface area (Å²) in [5, 5.41) is 10.5. The summed E-state index contributed by atoms with van der Waals surface area (Å²) < 4.78 is 5.63. The third kappa shape index (κ3) is 5.40. The Morgan fingerprint density at radius 3 is 2.61 bits per heavy atom. The van der Waals surface area contributed by atoms with Crippen LogP contribution in [0.5, 0.6) is 5.75 Å². The van der Waals surface area contributed by atoms with Gasteiger partial charge >= 0.3 is 7.12 Å². The molecule has 0 aliphatic carbocycles. The second-order valence-corrected chi connectivity index (χ2v) is 7.88. The summed E-state index contributed by atoms with van der Waals surface area (Å²) in [6.45, 7) is 4.13. The first-order valence-corrected chi connectivity index (χ1v) is 10.4. The number of carbonyl (C=O) groups excluding carboxylic acids is 3. The Morgan fingerprint density at radius 2 is 1.94 bits per heavy atom. The van der Waals surface area contributed by atoms with Crippen LogP contribution in [0.25, 0.3) is 0 Å². The lowest BCUT2D eigenvalue weighted by Gasteiger charge is -2.28. The van der Waals surface area contributed by atoms with Crippen LogP contribution in [-0.2, 0) is 17.8 Å². The molecule has 2 aromatic carbocycles. The third-order valence-electron chi connectivity index (χ3n) is 5.51. The molecule has 0 spiro atoms. The molecule has 3 N–H and O–H groups in total. The number of hydrogen-bond donors (Lipinski definition) is 2. The van der Waals surface area contributed by atoms with E-state index in [2.05, 4.69) is 0 Å². The molecule has 0 saturated carbocycles. The Labute approximate surface area is 182 Å². The highest BCUT2D eigenvalue weighted by atomic mass is 16.5. The maximum atomic E-state index is 12.9. The minimum absolute atomic E-state index is 0.0757. The molecule has 0 unspecified atom stereocenters. The van der Waals surface area contributed by atoms with Crippen LogP contribution >= 0.6 is 0 Å². The van der Waals surface area contributed by atoms with Gasteiger partial charge < -0.3 is 20.3 Å². The van der Waals surface area contributed by atoms with Crippen LogP contribution in [0.2, 0.25) is 5.82 Å². The summed E-state index contributed by atoms with van der Waals surface area (Å²) in [6, 6.07) is 12.4. The monoisotopic (exact) mass is 422 g/mol. The van der Waals surface area contributed by atoms with Crippen LogP contribution in [0.1, 0.15) is 52.1 Å². The fourth-order valence-corrected chi connectivity index (χ4v) is 3.86. The van der Waals surface area contributed by atoms with Crippen molar-refractivity contribution in [3.8, 4) is 5.75 Å². The van der Waals surface area contributed by atoms with Gasteiger partial charge in [0.1, 0.15) is 5.75 Å². The third-order valence-corrected chi connectivity index (χ3v) is 5.51. The van der Waals surface area contributed by atoms with E-state index in [1.807, 2.05) is 12.1 Å². The molecule has 1 aliphatic heterocycles. The van der Waals surface area contributed by atoms with E-state index in [0.717, 1.165) is 11.1 Å². The quantitative estimate of drug-likeness (QED) is 0.499. The lowest BCUT2D eigenvalue weighted by Crippen LogP contribution is -2.35. The van der Waals surface area contributed by atoms with E-state index in [4.69, 9.17) is 10.4 Å². The van der Waals surface area contributed by atoms with E-state index in [-0.39, 0.29) is 23.9 Å². The average molecular weight is 422 g/mol. The van der Waals surface area contributed by atoms with Crippen LogP contribution in [0.15, 0.2) is 42.5 Å². The van der Waals surface area contributed by atoms with E-state index in [0.29, 0.717) is 42.9 Å². The fourth-order valence-electron chi connectivity index (χ4n) is 3.86. The number of fused-ring (bicyclic) bond motifs is 1. The first-order valence-electron chi connectivity index (χ1n) is 10.4. The van der Waals surface area contributed by atoms with Crippen molar-refractivity contribution in [1.29, 1.82) is 0 Å². The van der Waals surface area contributed by atoms with Crippen LogP contribution in [-0.4, -0.2) is 47.6 Å². The van der Waals surface area contributed by atoms with Crippen LogP contribution in [0, 0.1) is 0 Å². The molecule has 1 atom stereocenters. The van der Waals surface area contributed by atoms with Crippen molar-refractivity contribution in [2.45, 2.75) is 39.1 Å². The van der Waals surface area contributed by atoms with Gasteiger partial charge in [-0.3, -0.25) is 14.4 Å². The predicted molar refractivity (Wildman–Crippen MR) is 118 cm³/mol. The molecule has 3 rings (SSSR count).